The van der Waals surface area contributed by atoms with E-state index in [2.05, 4.69) is 20.2 Å². The Labute approximate surface area is 142 Å². The molecule has 3 N–H and O–H groups in total. The van der Waals surface area contributed by atoms with E-state index in [4.69, 9.17) is 0 Å². The second-order valence-corrected chi connectivity index (χ2v) is 7.75. The monoisotopic (exact) mass is 362 g/mol. The Kier molecular flexibility index (Phi) is 4.36. The molecule has 3 aromatic rings. The molecule has 24 heavy (non-hydrogen) atoms. The first kappa shape index (κ1) is 16.2. The van der Waals surface area contributed by atoms with E-state index in [9.17, 15) is 13.2 Å². The number of aromatic nitrogens is 2. The predicted octanol–water partition coefficient (Wildman–Crippen LogP) is 2.76. The van der Waals surface area contributed by atoms with Gasteiger partial charge in [0.05, 0.1) is 16.8 Å². The maximum atomic E-state index is 12.3. The topological polar surface area (TPSA) is 104 Å². The molecule has 3 rings (SSSR count). The van der Waals surface area contributed by atoms with E-state index in [-0.39, 0.29) is 5.91 Å². The first-order valence-electron chi connectivity index (χ1n) is 6.89. The fourth-order valence-corrected chi connectivity index (χ4v) is 3.32. The average molecular weight is 362 g/mol. The maximum Gasteiger partial charge on any atom is 0.256 e. The number of aromatic amines is 1. The number of hydrogen-bond acceptors (Lipinski definition) is 5. The molecular formula is C15H14N4O3S2. The Morgan fingerprint density at radius 2 is 2.04 bits per heavy atom. The fourth-order valence-electron chi connectivity index (χ4n) is 2.07. The van der Waals surface area contributed by atoms with Gasteiger partial charge >= 0.3 is 0 Å². The van der Waals surface area contributed by atoms with Crippen LogP contribution in [0.5, 0.6) is 0 Å². The van der Waals surface area contributed by atoms with E-state index >= 15 is 0 Å². The van der Waals surface area contributed by atoms with Crippen LogP contribution in [0.1, 0.15) is 10.4 Å². The van der Waals surface area contributed by atoms with Crippen LogP contribution in [0.4, 0.5) is 11.5 Å². The molecule has 1 aromatic carbocycles. The minimum atomic E-state index is -3.40. The number of rotatable bonds is 5. The van der Waals surface area contributed by atoms with Gasteiger partial charge in [-0.05, 0) is 29.6 Å². The fraction of sp³-hybridized carbons (Fsp3) is 0.0667. The summed E-state index contributed by atoms with van der Waals surface area (Å²) in [7, 11) is -3.40. The molecule has 0 fully saturated rings. The quantitative estimate of drug-likeness (QED) is 0.649. The number of nitrogens with one attached hydrogen (secondary N) is 3. The molecule has 0 atom stereocenters. The van der Waals surface area contributed by atoms with Crippen molar-refractivity contribution in [2.75, 3.05) is 16.3 Å². The number of nitrogens with zero attached hydrogens (tertiary/aromatic N) is 1. The second kappa shape index (κ2) is 6.46. The minimum Gasteiger partial charge on any atom is -0.305 e. The van der Waals surface area contributed by atoms with Crippen LogP contribution in [0, 0.1) is 0 Å². The SMILES string of the molecule is CS(=O)(=O)Nc1cccc(C(=O)Nc2cc(-c3cccs3)[nH]n2)c1. The minimum absolute atomic E-state index is 0.323. The summed E-state index contributed by atoms with van der Waals surface area (Å²) >= 11 is 1.56. The van der Waals surface area contributed by atoms with Gasteiger partial charge in [-0.3, -0.25) is 14.6 Å². The van der Waals surface area contributed by atoms with Crippen LogP contribution in [0.3, 0.4) is 0 Å². The molecule has 7 nitrogen and oxygen atoms in total. The van der Waals surface area contributed by atoms with Crippen molar-refractivity contribution in [1.29, 1.82) is 0 Å². The maximum absolute atomic E-state index is 12.3. The van der Waals surface area contributed by atoms with Crippen molar-refractivity contribution in [2.24, 2.45) is 0 Å². The summed E-state index contributed by atoms with van der Waals surface area (Å²) < 4.78 is 24.9. The van der Waals surface area contributed by atoms with Crippen LogP contribution in [-0.2, 0) is 10.0 Å². The van der Waals surface area contributed by atoms with Gasteiger partial charge in [0.2, 0.25) is 10.0 Å². The standard InChI is InChI=1S/C15H14N4O3S2/c1-24(21,22)19-11-5-2-4-10(8-11)15(20)16-14-9-12(17-18-14)13-6-3-7-23-13/h2-9,19H,1H3,(H2,16,17,18,20). The molecule has 1 amide bonds. The van der Waals surface area contributed by atoms with Crippen LogP contribution in [-0.4, -0.2) is 30.8 Å². The molecule has 0 saturated heterocycles. The first-order chi connectivity index (χ1) is 11.4. The Morgan fingerprint density at radius 3 is 2.75 bits per heavy atom. The zero-order valence-electron chi connectivity index (χ0n) is 12.6. The normalized spacial score (nSPS) is 11.2. The molecule has 0 radical (unpaired) electrons. The Bertz CT molecular complexity index is 962. The lowest BCUT2D eigenvalue weighted by Gasteiger charge is -2.06. The van der Waals surface area contributed by atoms with Crippen LogP contribution >= 0.6 is 11.3 Å². The Balaban J connectivity index is 1.74. The van der Waals surface area contributed by atoms with Crippen molar-refractivity contribution in [3.05, 3.63) is 53.4 Å². The summed E-state index contributed by atoms with van der Waals surface area (Å²) in [5, 5.41) is 11.5. The van der Waals surface area contributed by atoms with Gasteiger partial charge in [0.1, 0.15) is 0 Å². The zero-order chi connectivity index (χ0) is 17.2. The highest BCUT2D eigenvalue weighted by Gasteiger charge is 2.11. The molecule has 0 aliphatic carbocycles. The lowest BCUT2D eigenvalue weighted by molar-refractivity contribution is 0.102. The van der Waals surface area contributed by atoms with Gasteiger partial charge < -0.3 is 5.32 Å². The van der Waals surface area contributed by atoms with Gasteiger partial charge in [-0.25, -0.2) is 8.42 Å². The molecular weight excluding hydrogens is 348 g/mol. The Morgan fingerprint density at radius 1 is 1.21 bits per heavy atom. The number of amides is 1. The van der Waals surface area contributed by atoms with Crippen LogP contribution < -0.4 is 10.0 Å². The van der Waals surface area contributed by atoms with Gasteiger partial charge in [-0.2, -0.15) is 5.10 Å². The van der Waals surface area contributed by atoms with Crippen LogP contribution in [0.25, 0.3) is 10.6 Å². The molecule has 0 spiro atoms. The van der Waals surface area contributed by atoms with Crippen molar-refractivity contribution in [3.8, 4) is 10.6 Å². The molecule has 2 heterocycles. The summed E-state index contributed by atoms with van der Waals surface area (Å²) in [6, 6.07) is 11.8. The van der Waals surface area contributed by atoms with E-state index < -0.39 is 10.0 Å². The highest BCUT2D eigenvalue weighted by Crippen LogP contribution is 2.24. The second-order valence-electron chi connectivity index (χ2n) is 5.05. The van der Waals surface area contributed by atoms with Crippen LogP contribution in [0.15, 0.2) is 47.8 Å². The lowest BCUT2D eigenvalue weighted by atomic mass is 10.2. The van der Waals surface area contributed by atoms with Crippen molar-refractivity contribution < 1.29 is 13.2 Å². The largest absolute Gasteiger partial charge is 0.305 e. The smallest absolute Gasteiger partial charge is 0.256 e. The molecule has 0 aliphatic rings. The van der Waals surface area contributed by atoms with E-state index in [1.54, 1.807) is 35.6 Å². The first-order valence-corrected chi connectivity index (χ1v) is 9.66. The van der Waals surface area contributed by atoms with Gasteiger partial charge in [0.25, 0.3) is 5.91 Å². The number of thiophene rings is 1. The molecule has 0 saturated carbocycles. The van der Waals surface area contributed by atoms with Crippen molar-refractivity contribution >= 4 is 38.8 Å². The summed E-state index contributed by atoms with van der Waals surface area (Å²) in [4.78, 5) is 13.3. The number of sulfonamides is 1. The molecule has 124 valence electrons. The summed E-state index contributed by atoms with van der Waals surface area (Å²) in [5.74, 6) is 0.0151. The highest BCUT2D eigenvalue weighted by molar-refractivity contribution is 7.92. The number of benzene rings is 1. The summed E-state index contributed by atoms with van der Waals surface area (Å²) in [5.41, 5.74) is 1.46. The third-order valence-corrected chi connectivity index (χ3v) is 4.54. The Hall–Kier alpha value is -2.65. The number of H-pyrrole nitrogens is 1. The van der Waals surface area contributed by atoms with Crippen molar-refractivity contribution in [1.82, 2.24) is 10.2 Å². The number of anilines is 2. The van der Waals surface area contributed by atoms with Gasteiger partial charge in [0.15, 0.2) is 5.82 Å². The molecule has 0 aliphatic heterocycles. The molecule has 2 aromatic heterocycles. The van der Waals surface area contributed by atoms with Crippen molar-refractivity contribution in [3.63, 3.8) is 0 Å². The third kappa shape index (κ3) is 4.00. The molecule has 9 heteroatoms. The molecule has 0 unspecified atom stereocenters. The van der Waals surface area contributed by atoms with Crippen LogP contribution in [0.2, 0.25) is 0 Å². The zero-order valence-corrected chi connectivity index (χ0v) is 14.2. The van der Waals surface area contributed by atoms with E-state index in [0.29, 0.717) is 17.1 Å². The highest BCUT2D eigenvalue weighted by atomic mass is 32.2. The summed E-state index contributed by atoms with van der Waals surface area (Å²) in [6.07, 6.45) is 1.05. The number of hydrogen-bond donors (Lipinski definition) is 3. The van der Waals surface area contributed by atoms with Crippen molar-refractivity contribution in [2.45, 2.75) is 0 Å². The average Bonchev–Trinajstić information content (AvgIpc) is 3.16. The predicted molar refractivity (Wildman–Crippen MR) is 94.8 cm³/mol. The summed E-state index contributed by atoms with van der Waals surface area (Å²) in [6.45, 7) is 0. The lowest BCUT2D eigenvalue weighted by Crippen LogP contribution is -2.14. The van der Waals surface area contributed by atoms with Gasteiger partial charge in [-0.1, -0.05) is 12.1 Å². The number of carbonyl (C=O) groups excluding carboxylic acids is 1. The van der Waals surface area contributed by atoms with Gasteiger partial charge in [-0.15, -0.1) is 11.3 Å². The third-order valence-electron chi connectivity index (χ3n) is 3.03. The van der Waals surface area contributed by atoms with E-state index in [0.717, 1.165) is 16.8 Å². The van der Waals surface area contributed by atoms with E-state index in [1.807, 2.05) is 17.5 Å². The molecule has 0 bridgehead atoms. The number of carbonyl (C=O) groups is 1. The van der Waals surface area contributed by atoms with E-state index in [1.165, 1.54) is 6.07 Å². The van der Waals surface area contributed by atoms with Gasteiger partial charge in [0, 0.05) is 17.3 Å².